The van der Waals surface area contributed by atoms with Crippen molar-refractivity contribution >= 4 is 27.5 Å². The fourth-order valence-electron chi connectivity index (χ4n) is 3.44. The van der Waals surface area contributed by atoms with Gasteiger partial charge in [0.15, 0.2) is 0 Å². The van der Waals surface area contributed by atoms with Crippen LogP contribution in [-0.4, -0.2) is 43.7 Å². The third kappa shape index (κ3) is 5.39. The van der Waals surface area contributed by atoms with Crippen molar-refractivity contribution < 1.29 is 26.4 Å². The number of piperidine rings is 1. The molecule has 0 spiro atoms. The summed E-state index contributed by atoms with van der Waals surface area (Å²) in [5.41, 5.74) is -0.121. The van der Waals surface area contributed by atoms with E-state index >= 15 is 0 Å². The minimum atomic E-state index is -4.43. The van der Waals surface area contributed by atoms with Crippen molar-refractivity contribution in [3.05, 3.63) is 64.2 Å². The highest BCUT2D eigenvalue weighted by molar-refractivity contribution is 7.89. The molecule has 2 aromatic rings. The molecule has 31 heavy (non-hydrogen) atoms. The third-order valence-corrected chi connectivity index (χ3v) is 7.54. The number of amides is 1. The largest absolute Gasteiger partial charge is 0.416 e. The van der Waals surface area contributed by atoms with Crippen LogP contribution in [0.1, 0.15) is 40.7 Å². The van der Waals surface area contributed by atoms with Crippen LogP contribution in [0.3, 0.4) is 0 Å². The summed E-state index contributed by atoms with van der Waals surface area (Å²) in [6.07, 6.45) is -1.93. The van der Waals surface area contributed by atoms with Crippen molar-refractivity contribution in [2.24, 2.45) is 0 Å². The van der Waals surface area contributed by atoms with Gasteiger partial charge in [0.05, 0.1) is 10.6 Å². The second-order valence-electron chi connectivity index (χ2n) is 7.47. The summed E-state index contributed by atoms with van der Waals surface area (Å²) in [5.74, 6) is -0.466. The van der Waals surface area contributed by atoms with Gasteiger partial charge in [0.1, 0.15) is 4.90 Å². The Kier molecular flexibility index (Phi) is 6.98. The Hall–Kier alpha value is -2.10. The predicted octanol–water partition coefficient (Wildman–Crippen LogP) is 4.81. The maximum atomic E-state index is 13.0. The highest BCUT2D eigenvalue weighted by Gasteiger charge is 2.31. The van der Waals surface area contributed by atoms with Gasteiger partial charge < -0.3 is 4.90 Å². The summed E-state index contributed by atoms with van der Waals surface area (Å²) >= 11 is 6.14. The molecule has 1 amide bonds. The molecule has 0 aromatic heterocycles. The molecule has 5 nitrogen and oxygen atoms in total. The Morgan fingerprint density at radius 1 is 1.06 bits per heavy atom. The molecule has 2 aromatic carbocycles. The van der Waals surface area contributed by atoms with E-state index in [1.54, 1.807) is 0 Å². The molecular weight excluding hydrogens is 453 g/mol. The quantitative estimate of drug-likeness (QED) is 0.625. The topological polar surface area (TPSA) is 57.7 Å². The molecule has 1 fully saturated rings. The van der Waals surface area contributed by atoms with Crippen molar-refractivity contribution in [3.63, 3.8) is 0 Å². The molecular formula is C21H22ClF3N2O3S. The lowest BCUT2D eigenvalue weighted by Gasteiger charge is -2.26. The first-order valence-corrected chi connectivity index (χ1v) is 11.5. The van der Waals surface area contributed by atoms with Crippen LogP contribution < -0.4 is 0 Å². The molecule has 0 N–H and O–H groups in total. The molecule has 168 valence electrons. The minimum Gasteiger partial charge on any atom is -0.337 e. The predicted molar refractivity (Wildman–Crippen MR) is 111 cm³/mol. The molecule has 0 bridgehead atoms. The van der Waals surface area contributed by atoms with E-state index in [4.69, 9.17) is 11.6 Å². The normalized spacial score (nSPS) is 15.6. The van der Waals surface area contributed by atoms with Crippen LogP contribution in [0, 0.1) is 0 Å². The molecule has 1 saturated heterocycles. The first-order chi connectivity index (χ1) is 14.5. The Labute approximate surface area is 184 Å². The van der Waals surface area contributed by atoms with Gasteiger partial charge >= 0.3 is 6.18 Å². The number of carbonyl (C=O) groups excluding carboxylic acids is 1. The zero-order valence-electron chi connectivity index (χ0n) is 16.8. The van der Waals surface area contributed by atoms with Crippen LogP contribution >= 0.6 is 11.6 Å². The maximum absolute atomic E-state index is 13.0. The van der Waals surface area contributed by atoms with Gasteiger partial charge in [0.2, 0.25) is 10.0 Å². The summed E-state index contributed by atoms with van der Waals surface area (Å²) in [4.78, 5) is 14.0. The summed E-state index contributed by atoms with van der Waals surface area (Å²) in [5, 5.41) is 0.0347. The standard InChI is InChI=1S/C21H22ClF3N2O3S/c1-26(14-15-5-8-17(9-6-15)21(23,24)25)20(28)16-7-10-18(22)19(13-16)31(29,30)27-11-3-2-4-12-27/h5-10,13H,2-4,11-12,14H2,1H3. The molecule has 1 aliphatic rings. The zero-order valence-corrected chi connectivity index (χ0v) is 18.4. The van der Waals surface area contributed by atoms with E-state index in [0.29, 0.717) is 18.7 Å². The fraction of sp³-hybridized carbons (Fsp3) is 0.381. The molecule has 0 saturated carbocycles. The van der Waals surface area contributed by atoms with E-state index in [2.05, 4.69) is 0 Å². The van der Waals surface area contributed by atoms with E-state index in [1.807, 2.05) is 0 Å². The zero-order chi connectivity index (χ0) is 22.8. The van der Waals surface area contributed by atoms with Gasteiger partial charge in [0, 0.05) is 32.2 Å². The van der Waals surface area contributed by atoms with Crippen molar-refractivity contribution in [1.82, 2.24) is 9.21 Å². The molecule has 0 aliphatic carbocycles. The summed E-state index contributed by atoms with van der Waals surface area (Å²) in [6.45, 7) is 0.878. The van der Waals surface area contributed by atoms with Gasteiger partial charge in [0.25, 0.3) is 5.91 Å². The van der Waals surface area contributed by atoms with Gasteiger partial charge in [-0.3, -0.25) is 4.79 Å². The number of benzene rings is 2. The van der Waals surface area contributed by atoms with Gasteiger partial charge in [-0.15, -0.1) is 0 Å². The van der Waals surface area contributed by atoms with Crippen molar-refractivity contribution in [2.45, 2.75) is 36.9 Å². The second-order valence-corrected chi connectivity index (χ2v) is 9.78. The van der Waals surface area contributed by atoms with E-state index in [1.165, 1.54) is 46.6 Å². The molecule has 1 heterocycles. The monoisotopic (exact) mass is 474 g/mol. The molecule has 10 heteroatoms. The number of halogens is 4. The number of carbonyl (C=O) groups is 1. The van der Waals surface area contributed by atoms with Gasteiger partial charge in [-0.05, 0) is 48.7 Å². The Morgan fingerprint density at radius 3 is 2.26 bits per heavy atom. The second kappa shape index (κ2) is 9.18. The fourth-order valence-corrected chi connectivity index (χ4v) is 5.46. The molecule has 0 radical (unpaired) electrons. The lowest BCUT2D eigenvalue weighted by molar-refractivity contribution is -0.137. The molecule has 0 atom stereocenters. The van der Waals surface area contributed by atoms with E-state index in [-0.39, 0.29) is 22.0 Å². The van der Waals surface area contributed by atoms with Crippen LogP contribution in [0.2, 0.25) is 5.02 Å². The van der Waals surface area contributed by atoms with E-state index < -0.39 is 27.7 Å². The first-order valence-electron chi connectivity index (χ1n) is 9.71. The van der Waals surface area contributed by atoms with Crippen LogP contribution in [0.15, 0.2) is 47.4 Å². The summed E-state index contributed by atoms with van der Waals surface area (Å²) < 4.78 is 65.5. The Balaban J connectivity index is 1.79. The number of sulfonamides is 1. The lowest BCUT2D eigenvalue weighted by atomic mass is 10.1. The van der Waals surface area contributed by atoms with Crippen LogP contribution in [0.25, 0.3) is 0 Å². The van der Waals surface area contributed by atoms with Crippen molar-refractivity contribution in [1.29, 1.82) is 0 Å². The number of alkyl halides is 3. The van der Waals surface area contributed by atoms with Crippen LogP contribution in [0.5, 0.6) is 0 Å². The van der Waals surface area contributed by atoms with Crippen LogP contribution in [0.4, 0.5) is 13.2 Å². The third-order valence-electron chi connectivity index (χ3n) is 5.16. The Bertz CT molecular complexity index is 1050. The first kappa shape index (κ1) is 23.6. The summed E-state index contributed by atoms with van der Waals surface area (Å²) in [6, 6.07) is 8.60. The number of rotatable bonds is 5. The van der Waals surface area contributed by atoms with Gasteiger partial charge in [-0.25, -0.2) is 8.42 Å². The van der Waals surface area contributed by atoms with Crippen molar-refractivity contribution in [3.8, 4) is 0 Å². The SMILES string of the molecule is CN(Cc1ccc(C(F)(F)F)cc1)C(=O)c1ccc(Cl)c(S(=O)(=O)N2CCCCC2)c1. The van der Waals surface area contributed by atoms with E-state index in [9.17, 15) is 26.4 Å². The average Bonchev–Trinajstić information content (AvgIpc) is 2.73. The molecule has 0 unspecified atom stereocenters. The van der Waals surface area contributed by atoms with Gasteiger partial charge in [-0.1, -0.05) is 30.2 Å². The minimum absolute atomic E-state index is 0.0347. The summed E-state index contributed by atoms with van der Waals surface area (Å²) in [7, 11) is -2.33. The number of hydrogen-bond acceptors (Lipinski definition) is 3. The molecule has 1 aliphatic heterocycles. The van der Waals surface area contributed by atoms with E-state index in [0.717, 1.165) is 31.4 Å². The van der Waals surface area contributed by atoms with Crippen molar-refractivity contribution in [2.75, 3.05) is 20.1 Å². The smallest absolute Gasteiger partial charge is 0.337 e. The van der Waals surface area contributed by atoms with Gasteiger partial charge in [-0.2, -0.15) is 17.5 Å². The molecule has 3 rings (SSSR count). The lowest BCUT2D eigenvalue weighted by Crippen LogP contribution is -2.36. The number of hydrogen-bond donors (Lipinski definition) is 0. The highest BCUT2D eigenvalue weighted by Crippen LogP contribution is 2.30. The van der Waals surface area contributed by atoms with Crippen LogP contribution in [-0.2, 0) is 22.7 Å². The highest BCUT2D eigenvalue weighted by atomic mass is 35.5. The average molecular weight is 475 g/mol. The Morgan fingerprint density at radius 2 is 1.68 bits per heavy atom. The maximum Gasteiger partial charge on any atom is 0.416 e. The number of nitrogens with zero attached hydrogens (tertiary/aromatic N) is 2.